The molecule has 0 spiro atoms. The molecule has 3 rings (SSSR count). The molecule has 2 aliphatic rings. The summed E-state index contributed by atoms with van der Waals surface area (Å²) in [6.45, 7) is 4.93. The Bertz CT molecular complexity index is 720. The Morgan fingerprint density at radius 1 is 0.893 bits per heavy atom. The van der Waals surface area contributed by atoms with Crippen LogP contribution >= 0.6 is 0 Å². The van der Waals surface area contributed by atoms with Crippen LogP contribution in [0.2, 0.25) is 0 Å². The van der Waals surface area contributed by atoms with Gasteiger partial charge >= 0.3 is 0 Å². The van der Waals surface area contributed by atoms with Gasteiger partial charge in [-0.2, -0.15) is 0 Å². The van der Waals surface area contributed by atoms with Crippen molar-refractivity contribution >= 4 is 29.1 Å². The highest BCUT2D eigenvalue weighted by molar-refractivity contribution is 5.94. The highest BCUT2D eigenvalue weighted by Crippen LogP contribution is 2.31. The predicted molar refractivity (Wildman–Crippen MR) is 109 cm³/mol. The van der Waals surface area contributed by atoms with E-state index in [4.69, 9.17) is 0 Å². The summed E-state index contributed by atoms with van der Waals surface area (Å²) in [6.07, 6.45) is 3.02. The van der Waals surface area contributed by atoms with Crippen LogP contribution in [-0.2, 0) is 14.4 Å². The van der Waals surface area contributed by atoms with Gasteiger partial charge in [-0.3, -0.25) is 14.4 Å². The molecule has 2 fully saturated rings. The number of hydrogen-bond donors (Lipinski definition) is 2. The fraction of sp³-hybridized carbons (Fsp3) is 0.571. The molecular formula is C21H30N4O3. The van der Waals surface area contributed by atoms with Crippen LogP contribution in [-0.4, -0.2) is 60.7 Å². The molecule has 1 saturated heterocycles. The van der Waals surface area contributed by atoms with Crippen molar-refractivity contribution in [2.75, 3.05) is 43.9 Å². The van der Waals surface area contributed by atoms with E-state index in [0.29, 0.717) is 11.4 Å². The summed E-state index contributed by atoms with van der Waals surface area (Å²) in [5, 5.41) is 5.66. The highest BCUT2D eigenvalue weighted by atomic mass is 16.2. The third-order valence-electron chi connectivity index (χ3n) is 5.71. The lowest BCUT2D eigenvalue weighted by Crippen LogP contribution is -2.49. The maximum absolute atomic E-state index is 12.7. The summed E-state index contributed by atoms with van der Waals surface area (Å²) in [5.74, 6) is 0.0868. The van der Waals surface area contributed by atoms with E-state index in [-0.39, 0.29) is 29.6 Å². The molecule has 0 aromatic heterocycles. The molecule has 0 radical (unpaired) electrons. The second kappa shape index (κ2) is 9.19. The van der Waals surface area contributed by atoms with Crippen LogP contribution in [0.1, 0.15) is 32.6 Å². The van der Waals surface area contributed by atoms with Gasteiger partial charge in [0.05, 0.1) is 0 Å². The average Bonchev–Trinajstić information content (AvgIpc) is 2.68. The highest BCUT2D eigenvalue weighted by Gasteiger charge is 2.33. The minimum Gasteiger partial charge on any atom is -0.340 e. The molecule has 0 unspecified atom stereocenters. The van der Waals surface area contributed by atoms with E-state index in [1.165, 1.54) is 6.92 Å². The number of likely N-dealkylation sites (N-methyl/N-ethyl adjacent to an activating group) is 1. The van der Waals surface area contributed by atoms with E-state index >= 15 is 0 Å². The van der Waals surface area contributed by atoms with Gasteiger partial charge in [0.1, 0.15) is 0 Å². The largest absolute Gasteiger partial charge is 0.340 e. The monoisotopic (exact) mass is 386 g/mol. The van der Waals surface area contributed by atoms with E-state index < -0.39 is 0 Å². The molecule has 1 heterocycles. The van der Waals surface area contributed by atoms with Gasteiger partial charge in [-0.05, 0) is 50.9 Å². The van der Waals surface area contributed by atoms with Gasteiger partial charge in [0.2, 0.25) is 17.7 Å². The van der Waals surface area contributed by atoms with E-state index in [1.54, 1.807) is 18.2 Å². The summed E-state index contributed by atoms with van der Waals surface area (Å²) in [7, 11) is 2.08. The number of carbonyl (C=O) groups is 3. The lowest BCUT2D eigenvalue weighted by molar-refractivity contribution is -0.139. The van der Waals surface area contributed by atoms with Crippen molar-refractivity contribution in [3.05, 3.63) is 24.3 Å². The van der Waals surface area contributed by atoms with Gasteiger partial charge < -0.3 is 20.4 Å². The third kappa shape index (κ3) is 5.32. The molecule has 3 amide bonds. The Balaban J connectivity index is 1.48. The molecule has 0 bridgehead atoms. The van der Waals surface area contributed by atoms with Crippen molar-refractivity contribution in [2.45, 2.75) is 32.6 Å². The second-order valence-electron chi connectivity index (χ2n) is 7.93. The molecule has 1 saturated carbocycles. The molecule has 7 heteroatoms. The Morgan fingerprint density at radius 2 is 1.46 bits per heavy atom. The first-order chi connectivity index (χ1) is 13.4. The van der Waals surface area contributed by atoms with Gasteiger partial charge in [0.25, 0.3) is 0 Å². The number of amides is 3. The smallest absolute Gasteiger partial charge is 0.227 e. The summed E-state index contributed by atoms with van der Waals surface area (Å²) >= 11 is 0. The number of rotatable bonds is 4. The van der Waals surface area contributed by atoms with Gasteiger partial charge in [0, 0.05) is 56.3 Å². The fourth-order valence-electron chi connectivity index (χ4n) is 4.01. The van der Waals surface area contributed by atoms with Crippen LogP contribution in [0, 0.1) is 11.8 Å². The van der Waals surface area contributed by atoms with Crippen LogP contribution in [0.5, 0.6) is 0 Å². The van der Waals surface area contributed by atoms with Crippen LogP contribution in [0.15, 0.2) is 24.3 Å². The first-order valence-corrected chi connectivity index (χ1v) is 10.1. The first-order valence-electron chi connectivity index (χ1n) is 10.1. The number of hydrogen-bond acceptors (Lipinski definition) is 4. The van der Waals surface area contributed by atoms with Crippen molar-refractivity contribution in [1.29, 1.82) is 0 Å². The molecule has 28 heavy (non-hydrogen) atoms. The van der Waals surface area contributed by atoms with E-state index in [2.05, 4.69) is 22.6 Å². The van der Waals surface area contributed by atoms with Crippen molar-refractivity contribution in [3.63, 3.8) is 0 Å². The molecule has 1 aromatic rings. The molecular weight excluding hydrogens is 356 g/mol. The minimum atomic E-state index is -0.146. The van der Waals surface area contributed by atoms with Crippen LogP contribution in [0.3, 0.4) is 0 Å². The standard InChI is InChI=1S/C21H30N4O3/c1-15(26)22-18-4-3-5-19(14-18)23-20(27)16-6-8-17(9-7-16)21(28)25-12-10-24(2)11-13-25/h3-5,14,16-17H,6-13H2,1-2H3,(H,22,26)(H,23,27). The first kappa shape index (κ1) is 20.3. The maximum Gasteiger partial charge on any atom is 0.227 e. The third-order valence-corrected chi connectivity index (χ3v) is 5.71. The van der Waals surface area contributed by atoms with Crippen molar-refractivity contribution in [3.8, 4) is 0 Å². The molecule has 7 nitrogen and oxygen atoms in total. The zero-order chi connectivity index (χ0) is 20.1. The molecule has 1 aliphatic carbocycles. The number of piperazine rings is 1. The normalized spacial score (nSPS) is 23.1. The zero-order valence-electron chi connectivity index (χ0n) is 16.7. The Morgan fingerprint density at radius 3 is 2.07 bits per heavy atom. The van der Waals surface area contributed by atoms with E-state index in [1.807, 2.05) is 11.0 Å². The number of benzene rings is 1. The molecule has 152 valence electrons. The Labute approximate surface area is 166 Å². The van der Waals surface area contributed by atoms with Crippen LogP contribution in [0.4, 0.5) is 11.4 Å². The summed E-state index contributed by atoms with van der Waals surface area (Å²) < 4.78 is 0. The van der Waals surface area contributed by atoms with Gasteiger partial charge in [-0.1, -0.05) is 6.07 Å². The number of anilines is 2. The van der Waals surface area contributed by atoms with Crippen LogP contribution in [0.25, 0.3) is 0 Å². The summed E-state index contributed by atoms with van der Waals surface area (Å²) in [4.78, 5) is 40.7. The molecule has 0 atom stereocenters. The van der Waals surface area contributed by atoms with Gasteiger partial charge in [0.15, 0.2) is 0 Å². The number of nitrogens with one attached hydrogen (secondary N) is 2. The van der Waals surface area contributed by atoms with Crippen molar-refractivity contribution < 1.29 is 14.4 Å². The lowest BCUT2D eigenvalue weighted by atomic mass is 9.80. The van der Waals surface area contributed by atoms with Crippen molar-refractivity contribution in [1.82, 2.24) is 9.80 Å². The minimum absolute atomic E-state index is 0.00882. The summed E-state index contributed by atoms with van der Waals surface area (Å²) in [6, 6.07) is 7.15. The predicted octanol–water partition coefficient (Wildman–Crippen LogP) is 2.16. The summed E-state index contributed by atoms with van der Waals surface area (Å²) in [5.41, 5.74) is 1.33. The molecule has 1 aromatic carbocycles. The number of carbonyl (C=O) groups excluding carboxylic acids is 3. The Kier molecular flexibility index (Phi) is 6.67. The topological polar surface area (TPSA) is 81.8 Å². The van der Waals surface area contributed by atoms with Gasteiger partial charge in [-0.15, -0.1) is 0 Å². The fourth-order valence-corrected chi connectivity index (χ4v) is 4.01. The van der Waals surface area contributed by atoms with E-state index in [0.717, 1.165) is 51.9 Å². The zero-order valence-corrected chi connectivity index (χ0v) is 16.7. The molecule has 2 N–H and O–H groups in total. The lowest BCUT2D eigenvalue weighted by Gasteiger charge is -2.36. The SMILES string of the molecule is CC(=O)Nc1cccc(NC(=O)C2CCC(C(=O)N3CCN(C)CC3)CC2)c1. The van der Waals surface area contributed by atoms with Crippen LogP contribution < -0.4 is 10.6 Å². The Hall–Kier alpha value is -2.41. The van der Waals surface area contributed by atoms with E-state index in [9.17, 15) is 14.4 Å². The average molecular weight is 386 g/mol. The second-order valence-corrected chi connectivity index (χ2v) is 7.93. The maximum atomic E-state index is 12.7. The molecule has 1 aliphatic heterocycles. The van der Waals surface area contributed by atoms with Gasteiger partial charge in [-0.25, -0.2) is 0 Å². The quantitative estimate of drug-likeness (QED) is 0.831. The van der Waals surface area contributed by atoms with Crippen molar-refractivity contribution in [2.24, 2.45) is 11.8 Å². The number of nitrogens with zero attached hydrogens (tertiary/aromatic N) is 2.